The number of amides is 1. The van der Waals surface area contributed by atoms with Crippen molar-refractivity contribution in [2.24, 2.45) is 0 Å². The van der Waals surface area contributed by atoms with Crippen LogP contribution in [0, 0.1) is 0 Å². The van der Waals surface area contributed by atoms with Crippen LogP contribution in [-0.2, 0) is 4.79 Å². The summed E-state index contributed by atoms with van der Waals surface area (Å²) in [4.78, 5) is 27.7. The third-order valence-corrected chi connectivity index (χ3v) is 5.80. The number of quaternary nitrogens is 1. The van der Waals surface area contributed by atoms with Gasteiger partial charge < -0.3 is 24.6 Å². The first-order valence-corrected chi connectivity index (χ1v) is 10.6. The molecule has 7 nitrogen and oxygen atoms in total. The zero-order chi connectivity index (χ0) is 22.4. The molecule has 0 saturated carbocycles. The molecule has 0 bridgehead atoms. The Morgan fingerprint density at radius 1 is 1.06 bits per heavy atom. The van der Waals surface area contributed by atoms with Crippen molar-refractivity contribution in [3.63, 3.8) is 0 Å². The summed E-state index contributed by atoms with van der Waals surface area (Å²) in [6, 6.07) is 13.1. The van der Waals surface area contributed by atoms with E-state index in [-0.39, 0.29) is 17.7 Å². The fraction of sp³-hybridized carbons (Fsp3) is 0.417. The molecular weight excluding hydrogens is 394 g/mol. The monoisotopic (exact) mass is 426 g/mol. The van der Waals surface area contributed by atoms with Gasteiger partial charge in [-0.2, -0.15) is 0 Å². The molecule has 0 spiro atoms. The number of carbonyl (C=O) groups excluding carboxylic acids is 2. The van der Waals surface area contributed by atoms with Crippen molar-refractivity contribution in [3.05, 3.63) is 53.6 Å². The predicted molar refractivity (Wildman–Crippen MR) is 120 cm³/mol. The van der Waals surface area contributed by atoms with Gasteiger partial charge in [0.25, 0.3) is 5.91 Å². The lowest BCUT2D eigenvalue weighted by molar-refractivity contribution is -0.892. The van der Waals surface area contributed by atoms with Gasteiger partial charge in [0.05, 0.1) is 46.4 Å². The topological polar surface area (TPSA) is 72.3 Å². The fourth-order valence-electron chi connectivity index (χ4n) is 3.94. The van der Waals surface area contributed by atoms with E-state index in [9.17, 15) is 9.59 Å². The van der Waals surface area contributed by atoms with E-state index < -0.39 is 0 Å². The van der Waals surface area contributed by atoms with Gasteiger partial charge >= 0.3 is 0 Å². The van der Waals surface area contributed by atoms with E-state index in [4.69, 9.17) is 9.47 Å². The highest BCUT2D eigenvalue weighted by atomic mass is 16.5. The molecule has 0 aliphatic carbocycles. The molecule has 2 aromatic rings. The van der Waals surface area contributed by atoms with Crippen molar-refractivity contribution in [1.82, 2.24) is 5.32 Å². The molecule has 31 heavy (non-hydrogen) atoms. The van der Waals surface area contributed by atoms with E-state index in [0.717, 1.165) is 54.5 Å². The van der Waals surface area contributed by atoms with Gasteiger partial charge in [0.15, 0.2) is 12.3 Å². The lowest BCUT2D eigenvalue weighted by Crippen LogP contribution is -3.15. The molecule has 7 heteroatoms. The lowest BCUT2D eigenvalue weighted by Gasteiger charge is -2.33. The predicted octanol–water partition coefficient (Wildman–Crippen LogP) is 1.49. The summed E-state index contributed by atoms with van der Waals surface area (Å²) in [6.07, 6.45) is 0. The van der Waals surface area contributed by atoms with Crippen LogP contribution in [0.3, 0.4) is 0 Å². The van der Waals surface area contributed by atoms with Gasteiger partial charge in [-0.1, -0.05) is 0 Å². The molecule has 1 fully saturated rings. The number of ketones is 1. The summed E-state index contributed by atoms with van der Waals surface area (Å²) in [5.74, 6) is 1.56. The second kappa shape index (κ2) is 10.3. The van der Waals surface area contributed by atoms with Crippen LogP contribution in [0.15, 0.2) is 42.5 Å². The molecule has 1 heterocycles. The number of nitrogens with one attached hydrogen (secondary N) is 2. The molecule has 0 unspecified atom stereocenters. The second-order valence-electron chi connectivity index (χ2n) is 7.91. The van der Waals surface area contributed by atoms with Gasteiger partial charge in [-0.25, -0.2) is 0 Å². The smallest absolute Gasteiger partial charge is 0.275 e. The van der Waals surface area contributed by atoms with E-state index >= 15 is 0 Å². The van der Waals surface area contributed by atoms with Gasteiger partial charge in [0, 0.05) is 16.8 Å². The lowest BCUT2D eigenvalue weighted by atomic mass is 10.1. The van der Waals surface area contributed by atoms with Gasteiger partial charge in [0.2, 0.25) is 0 Å². The van der Waals surface area contributed by atoms with Gasteiger partial charge in [-0.3, -0.25) is 9.59 Å². The zero-order valence-electron chi connectivity index (χ0n) is 18.7. The minimum atomic E-state index is -0.182. The molecule has 1 atom stereocenters. The van der Waals surface area contributed by atoms with Crippen LogP contribution in [0.2, 0.25) is 0 Å². The molecule has 0 aromatic heterocycles. The van der Waals surface area contributed by atoms with Crippen molar-refractivity contribution in [2.45, 2.75) is 19.9 Å². The van der Waals surface area contributed by atoms with Gasteiger partial charge in [-0.15, -0.1) is 0 Å². The van der Waals surface area contributed by atoms with Crippen LogP contribution < -0.4 is 24.6 Å². The number of carbonyl (C=O) groups is 2. The highest BCUT2D eigenvalue weighted by molar-refractivity contribution is 5.94. The summed E-state index contributed by atoms with van der Waals surface area (Å²) in [5.41, 5.74) is 2.74. The van der Waals surface area contributed by atoms with Gasteiger partial charge in [0.1, 0.15) is 11.5 Å². The number of methoxy groups -OCH3 is 2. The molecule has 1 aliphatic rings. The van der Waals surface area contributed by atoms with E-state index in [1.54, 1.807) is 21.1 Å². The van der Waals surface area contributed by atoms with Crippen molar-refractivity contribution in [1.29, 1.82) is 0 Å². The largest absolute Gasteiger partial charge is 0.497 e. The average molecular weight is 427 g/mol. The van der Waals surface area contributed by atoms with E-state index in [1.165, 1.54) is 4.90 Å². The molecule has 166 valence electrons. The molecule has 1 amide bonds. The molecule has 2 N–H and O–H groups in total. The van der Waals surface area contributed by atoms with Crippen molar-refractivity contribution >= 4 is 17.4 Å². The van der Waals surface area contributed by atoms with Crippen molar-refractivity contribution < 1.29 is 24.0 Å². The Balaban J connectivity index is 1.51. The van der Waals surface area contributed by atoms with Crippen molar-refractivity contribution in [3.8, 4) is 11.5 Å². The number of piperazine rings is 1. The number of ether oxygens (including phenoxy) is 2. The number of hydrogen-bond acceptors (Lipinski definition) is 5. The maximum atomic E-state index is 12.7. The number of hydrogen-bond donors (Lipinski definition) is 2. The highest BCUT2D eigenvalue weighted by Gasteiger charge is 2.24. The van der Waals surface area contributed by atoms with Gasteiger partial charge in [-0.05, 0) is 56.3 Å². The molecular formula is C24H32N3O4+. The third-order valence-electron chi connectivity index (χ3n) is 5.80. The highest BCUT2D eigenvalue weighted by Crippen LogP contribution is 2.29. The maximum absolute atomic E-state index is 12.7. The summed E-state index contributed by atoms with van der Waals surface area (Å²) in [5, 5.41) is 3.09. The molecule has 2 aromatic carbocycles. The Hall–Kier alpha value is -3.06. The summed E-state index contributed by atoms with van der Waals surface area (Å²) >= 11 is 0. The fourth-order valence-corrected chi connectivity index (χ4v) is 3.94. The molecule has 0 radical (unpaired) electrons. The Morgan fingerprint density at radius 2 is 1.74 bits per heavy atom. The standard InChI is InChI=1S/C24H31N3O4/c1-17(22-15-21(30-3)9-10-23(22)31-4)25-24(29)16-26-11-13-27(14-12-26)20-7-5-19(6-8-20)18(2)28/h5-10,15,17H,11-14,16H2,1-4H3,(H,25,29)/p+1/t17-/m0/s1. The first-order valence-electron chi connectivity index (χ1n) is 10.6. The number of nitrogens with zero attached hydrogens (tertiary/aromatic N) is 1. The SMILES string of the molecule is COc1ccc(OC)c([C@H](C)NC(=O)C[NH+]2CCN(c3ccc(C(C)=O)cc3)CC2)c1. The molecule has 1 saturated heterocycles. The van der Waals surface area contributed by atoms with E-state index in [0.29, 0.717) is 6.54 Å². The number of benzene rings is 2. The first-order chi connectivity index (χ1) is 14.9. The summed E-state index contributed by atoms with van der Waals surface area (Å²) in [6.45, 7) is 7.49. The quantitative estimate of drug-likeness (QED) is 0.626. The Labute approximate surface area is 183 Å². The Bertz CT molecular complexity index is 906. The Morgan fingerprint density at radius 3 is 2.32 bits per heavy atom. The van der Waals surface area contributed by atoms with Crippen LogP contribution >= 0.6 is 0 Å². The minimum absolute atomic E-state index is 0.0200. The van der Waals surface area contributed by atoms with Crippen LogP contribution in [-0.4, -0.2) is 58.6 Å². The van der Waals surface area contributed by atoms with Crippen LogP contribution in [0.4, 0.5) is 5.69 Å². The minimum Gasteiger partial charge on any atom is -0.497 e. The van der Waals surface area contributed by atoms with E-state index in [1.807, 2.05) is 49.4 Å². The Kier molecular flexibility index (Phi) is 7.52. The maximum Gasteiger partial charge on any atom is 0.275 e. The van der Waals surface area contributed by atoms with Crippen molar-refractivity contribution in [2.75, 3.05) is 51.8 Å². The summed E-state index contributed by atoms with van der Waals surface area (Å²) < 4.78 is 10.7. The number of Topliss-reactive ketones (excluding diaryl/α,β-unsaturated/α-hetero) is 1. The number of anilines is 1. The third kappa shape index (κ3) is 5.76. The van der Waals surface area contributed by atoms with Crippen LogP contribution in [0.25, 0.3) is 0 Å². The first kappa shape index (κ1) is 22.6. The average Bonchev–Trinajstić information content (AvgIpc) is 2.79. The normalized spacial score (nSPS) is 15.3. The molecule has 3 rings (SSSR count). The molecule has 1 aliphatic heterocycles. The number of rotatable bonds is 8. The van der Waals surface area contributed by atoms with Crippen LogP contribution in [0.5, 0.6) is 11.5 Å². The zero-order valence-corrected chi connectivity index (χ0v) is 18.7. The van der Waals surface area contributed by atoms with E-state index in [2.05, 4.69) is 10.2 Å². The second-order valence-corrected chi connectivity index (χ2v) is 7.91. The van der Waals surface area contributed by atoms with Crippen LogP contribution in [0.1, 0.15) is 35.8 Å². The summed E-state index contributed by atoms with van der Waals surface area (Å²) in [7, 11) is 3.24.